The third kappa shape index (κ3) is 3.03. The monoisotopic (exact) mass is 356 g/mol. The minimum absolute atomic E-state index is 0.0955. The Hall–Kier alpha value is -1.21. The molecule has 1 amide bonds. The zero-order valence-corrected chi connectivity index (χ0v) is 13.3. The predicted octanol–water partition coefficient (Wildman–Crippen LogP) is 1.38. The van der Waals surface area contributed by atoms with E-state index in [0.717, 1.165) is 39.0 Å². The van der Waals surface area contributed by atoms with Crippen LogP contribution in [0.4, 0.5) is 10.2 Å². The number of hydrogen-bond acceptors (Lipinski definition) is 4. The molecule has 2 fully saturated rings. The molecule has 0 spiro atoms. The summed E-state index contributed by atoms with van der Waals surface area (Å²) in [6.07, 6.45) is 3.22. The quantitative estimate of drug-likeness (QED) is 0.869. The van der Waals surface area contributed by atoms with Gasteiger partial charge in [0.15, 0.2) is 11.6 Å². The van der Waals surface area contributed by atoms with E-state index in [-0.39, 0.29) is 23.6 Å². The third-order valence-corrected chi connectivity index (χ3v) is 4.46. The minimum atomic E-state index is -0.385. The highest BCUT2D eigenvalue weighted by Gasteiger charge is 2.35. The number of amides is 1. The number of nitrogens with zero attached hydrogens (tertiary/aromatic N) is 3. The second-order valence-electron chi connectivity index (χ2n) is 5.39. The van der Waals surface area contributed by atoms with E-state index in [1.54, 1.807) is 6.20 Å². The number of nitrogens with one attached hydrogen (secondary N) is 1. The smallest absolute Gasteiger partial charge is 0.245 e. The highest BCUT2D eigenvalue weighted by Crippen LogP contribution is 2.28. The Kier molecular flexibility index (Phi) is 4.40. The van der Waals surface area contributed by atoms with E-state index in [4.69, 9.17) is 0 Å². The SMILES string of the molecule is O=C(C1CCCN1c1ncc(Br)cc1F)N1CCNCC1. The van der Waals surface area contributed by atoms with Gasteiger partial charge in [-0.05, 0) is 34.8 Å². The zero-order valence-electron chi connectivity index (χ0n) is 11.7. The van der Waals surface area contributed by atoms with Gasteiger partial charge in [-0.3, -0.25) is 4.79 Å². The Labute approximate surface area is 131 Å². The molecule has 21 heavy (non-hydrogen) atoms. The van der Waals surface area contributed by atoms with Gasteiger partial charge in [-0.1, -0.05) is 0 Å². The van der Waals surface area contributed by atoms with Gasteiger partial charge < -0.3 is 15.1 Å². The molecule has 0 aromatic carbocycles. The normalized spacial score (nSPS) is 22.7. The molecule has 2 aliphatic heterocycles. The average molecular weight is 357 g/mol. The summed E-state index contributed by atoms with van der Waals surface area (Å²) in [5, 5.41) is 3.23. The molecule has 2 aliphatic rings. The van der Waals surface area contributed by atoms with E-state index in [2.05, 4.69) is 26.2 Å². The van der Waals surface area contributed by atoms with Crippen molar-refractivity contribution < 1.29 is 9.18 Å². The number of carbonyl (C=O) groups is 1. The lowest BCUT2D eigenvalue weighted by atomic mass is 10.1. The van der Waals surface area contributed by atoms with Crippen LogP contribution in [0.25, 0.3) is 0 Å². The molecule has 0 saturated carbocycles. The number of anilines is 1. The fourth-order valence-electron chi connectivity index (χ4n) is 2.99. The van der Waals surface area contributed by atoms with Crippen molar-refractivity contribution in [2.75, 3.05) is 37.6 Å². The number of aromatic nitrogens is 1. The van der Waals surface area contributed by atoms with Crippen molar-refractivity contribution in [1.29, 1.82) is 0 Å². The van der Waals surface area contributed by atoms with Crippen LogP contribution in [0.1, 0.15) is 12.8 Å². The summed E-state index contributed by atoms with van der Waals surface area (Å²) >= 11 is 3.21. The topological polar surface area (TPSA) is 48.5 Å². The first kappa shape index (κ1) is 14.7. The van der Waals surface area contributed by atoms with Gasteiger partial charge in [0, 0.05) is 43.4 Å². The highest BCUT2D eigenvalue weighted by molar-refractivity contribution is 9.10. The molecule has 1 unspecified atom stereocenters. The van der Waals surface area contributed by atoms with Crippen LogP contribution >= 0.6 is 15.9 Å². The van der Waals surface area contributed by atoms with E-state index in [1.807, 2.05) is 9.80 Å². The number of halogens is 2. The Morgan fingerprint density at radius 1 is 1.38 bits per heavy atom. The van der Waals surface area contributed by atoms with Crippen LogP contribution in [0, 0.1) is 5.82 Å². The summed E-state index contributed by atoms with van der Waals surface area (Å²) in [4.78, 5) is 20.5. The van der Waals surface area contributed by atoms with E-state index in [0.29, 0.717) is 11.0 Å². The third-order valence-electron chi connectivity index (χ3n) is 4.03. The number of piperazine rings is 1. The van der Waals surface area contributed by atoms with Gasteiger partial charge in [-0.2, -0.15) is 0 Å². The fraction of sp³-hybridized carbons (Fsp3) is 0.571. The Morgan fingerprint density at radius 3 is 2.86 bits per heavy atom. The Morgan fingerprint density at radius 2 is 2.14 bits per heavy atom. The van der Waals surface area contributed by atoms with Crippen molar-refractivity contribution in [3.63, 3.8) is 0 Å². The lowest BCUT2D eigenvalue weighted by Crippen LogP contribution is -2.52. The van der Waals surface area contributed by atoms with E-state index in [9.17, 15) is 9.18 Å². The lowest BCUT2D eigenvalue weighted by Gasteiger charge is -2.33. The van der Waals surface area contributed by atoms with Crippen molar-refractivity contribution in [3.05, 3.63) is 22.6 Å². The van der Waals surface area contributed by atoms with E-state index in [1.165, 1.54) is 6.07 Å². The maximum absolute atomic E-state index is 14.1. The molecular weight excluding hydrogens is 339 g/mol. The van der Waals surface area contributed by atoms with Crippen LogP contribution in [0.5, 0.6) is 0 Å². The molecule has 2 saturated heterocycles. The van der Waals surface area contributed by atoms with Crippen molar-refractivity contribution in [1.82, 2.24) is 15.2 Å². The summed E-state index contributed by atoms with van der Waals surface area (Å²) in [7, 11) is 0. The van der Waals surface area contributed by atoms with Gasteiger partial charge in [0.05, 0.1) is 0 Å². The average Bonchev–Trinajstić information content (AvgIpc) is 2.96. The molecule has 5 nitrogen and oxygen atoms in total. The largest absolute Gasteiger partial charge is 0.342 e. The summed E-state index contributed by atoms with van der Waals surface area (Å²) < 4.78 is 14.7. The highest BCUT2D eigenvalue weighted by atomic mass is 79.9. The first-order chi connectivity index (χ1) is 10.2. The second-order valence-corrected chi connectivity index (χ2v) is 6.30. The number of carbonyl (C=O) groups excluding carboxylic acids is 1. The van der Waals surface area contributed by atoms with Gasteiger partial charge in [0.25, 0.3) is 0 Å². The van der Waals surface area contributed by atoms with Gasteiger partial charge in [0.1, 0.15) is 6.04 Å². The number of pyridine rings is 1. The number of hydrogen-bond donors (Lipinski definition) is 1. The first-order valence-electron chi connectivity index (χ1n) is 7.24. The maximum Gasteiger partial charge on any atom is 0.245 e. The molecule has 0 bridgehead atoms. The lowest BCUT2D eigenvalue weighted by molar-refractivity contribution is -0.133. The van der Waals surface area contributed by atoms with Crippen molar-refractivity contribution in [3.8, 4) is 0 Å². The molecule has 0 radical (unpaired) electrons. The standard InChI is InChI=1S/C14H18BrFN4O/c15-10-8-11(16)13(18-9-10)20-5-1-2-12(20)14(21)19-6-3-17-4-7-19/h8-9,12,17H,1-7H2. The van der Waals surface area contributed by atoms with Crippen LogP contribution in [0.3, 0.4) is 0 Å². The van der Waals surface area contributed by atoms with Crippen LogP contribution in [0.15, 0.2) is 16.7 Å². The van der Waals surface area contributed by atoms with Crippen LogP contribution in [0.2, 0.25) is 0 Å². The van der Waals surface area contributed by atoms with Gasteiger partial charge >= 0.3 is 0 Å². The van der Waals surface area contributed by atoms with Crippen LogP contribution in [-0.4, -0.2) is 54.6 Å². The van der Waals surface area contributed by atoms with E-state index < -0.39 is 0 Å². The molecule has 7 heteroatoms. The molecule has 3 heterocycles. The minimum Gasteiger partial charge on any atom is -0.342 e. The summed E-state index contributed by atoms with van der Waals surface area (Å²) in [6, 6.07) is 1.11. The van der Waals surface area contributed by atoms with Crippen LogP contribution < -0.4 is 10.2 Å². The Bertz CT molecular complexity index is 536. The van der Waals surface area contributed by atoms with Crippen molar-refractivity contribution in [2.45, 2.75) is 18.9 Å². The maximum atomic E-state index is 14.1. The van der Waals surface area contributed by atoms with Gasteiger partial charge in [-0.25, -0.2) is 9.37 Å². The van der Waals surface area contributed by atoms with Crippen molar-refractivity contribution in [2.24, 2.45) is 0 Å². The summed E-state index contributed by atoms with van der Waals surface area (Å²) in [5.74, 6) is -0.00770. The summed E-state index contributed by atoms with van der Waals surface area (Å²) in [5.41, 5.74) is 0. The molecule has 0 aliphatic carbocycles. The van der Waals surface area contributed by atoms with Gasteiger partial charge in [-0.15, -0.1) is 0 Å². The molecular formula is C14H18BrFN4O. The second kappa shape index (κ2) is 6.27. The molecule has 114 valence electrons. The molecule has 3 rings (SSSR count). The molecule has 1 aromatic heterocycles. The molecule has 1 atom stereocenters. The molecule has 1 aromatic rings. The Balaban J connectivity index is 1.80. The predicted molar refractivity (Wildman–Crippen MR) is 81.7 cm³/mol. The number of rotatable bonds is 2. The first-order valence-corrected chi connectivity index (χ1v) is 8.03. The van der Waals surface area contributed by atoms with E-state index >= 15 is 0 Å². The summed E-state index contributed by atoms with van der Waals surface area (Å²) in [6.45, 7) is 3.76. The molecule has 1 N–H and O–H groups in total. The van der Waals surface area contributed by atoms with Crippen LogP contribution in [-0.2, 0) is 4.79 Å². The van der Waals surface area contributed by atoms with Crippen molar-refractivity contribution >= 4 is 27.7 Å². The van der Waals surface area contributed by atoms with Gasteiger partial charge in [0.2, 0.25) is 5.91 Å². The fourth-order valence-corrected chi connectivity index (χ4v) is 3.29. The zero-order chi connectivity index (χ0) is 14.8.